The molecule has 1 heterocycles. The lowest BCUT2D eigenvalue weighted by Crippen LogP contribution is -2.54. The summed E-state index contributed by atoms with van der Waals surface area (Å²) in [6, 6.07) is 8.94. The number of ether oxygens (including phenoxy) is 1. The van der Waals surface area contributed by atoms with E-state index in [4.69, 9.17) is 4.74 Å². The summed E-state index contributed by atoms with van der Waals surface area (Å²) < 4.78 is 6.06. The Bertz CT molecular complexity index is 1050. The number of carbonyl (C=O) groups excluding carboxylic acids is 3. The first-order valence-electron chi connectivity index (χ1n) is 8.40. The van der Waals surface area contributed by atoms with Crippen molar-refractivity contribution in [1.29, 1.82) is 0 Å². The van der Waals surface area contributed by atoms with Crippen LogP contribution in [0.3, 0.4) is 0 Å². The largest absolute Gasteiger partial charge is 0.493 e. The van der Waals surface area contributed by atoms with Gasteiger partial charge in [0.15, 0.2) is 0 Å². The maximum atomic E-state index is 12.8. The zero-order chi connectivity index (χ0) is 21.1. The zero-order valence-electron chi connectivity index (χ0n) is 15.0. The van der Waals surface area contributed by atoms with E-state index in [-0.39, 0.29) is 16.9 Å². The molecule has 10 heteroatoms. The fourth-order valence-corrected chi connectivity index (χ4v) is 3.17. The number of nitro benzene ring substituents is 1. The number of benzene rings is 2. The highest BCUT2D eigenvalue weighted by Crippen LogP contribution is 2.28. The number of barbiturate groups is 1. The van der Waals surface area contributed by atoms with E-state index >= 15 is 0 Å². The lowest BCUT2D eigenvalue weighted by atomic mass is 10.1. The van der Waals surface area contributed by atoms with Crippen molar-refractivity contribution < 1.29 is 24.0 Å². The van der Waals surface area contributed by atoms with Crippen LogP contribution in [0.2, 0.25) is 0 Å². The number of carbonyl (C=O) groups is 3. The number of imide groups is 2. The average Bonchev–Trinajstić information content (AvgIpc) is 2.67. The third-order valence-electron chi connectivity index (χ3n) is 3.99. The smallest absolute Gasteiger partial charge is 0.335 e. The third-order valence-corrected chi connectivity index (χ3v) is 4.61. The minimum absolute atomic E-state index is 0.101. The molecule has 1 aliphatic heterocycles. The summed E-state index contributed by atoms with van der Waals surface area (Å²) in [6.45, 7) is 2.32. The second-order valence-electron chi connectivity index (χ2n) is 5.85. The summed E-state index contributed by atoms with van der Waals surface area (Å²) >= 11 is 3.36. The van der Waals surface area contributed by atoms with Crippen LogP contribution >= 0.6 is 15.9 Å². The molecular formula is C19H14BrN3O6. The first kappa shape index (κ1) is 20.2. The summed E-state index contributed by atoms with van der Waals surface area (Å²) in [5.41, 5.74) is 0.199. The second kappa shape index (κ2) is 8.23. The summed E-state index contributed by atoms with van der Waals surface area (Å²) in [6.07, 6.45) is 1.35. The number of non-ortho nitro benzene ring substituents is 1. The fourth-order valence-electron chi connectivity index (χ4n) is 2.66. The van der Waals surface area contributed by atoms with Crippen LogP contribution in [0.25, 0.3) is 6.08 Å². The van der Waals surface area contributed by atoms with E-state index in [1.165, 1.54) is 30.3 Å². The molecule has 0 spiro atoms. The molecule has 3 rings (SSSR count). The van der Waals surface area contributed by atoms with Crippen LogP contribution in [0.15, 0.2) is 52.5 Å². The van der Waals surface area contributed by atoms with Crippen LogP contribution in [0.4, 0.5) is 16.2 Å². The Morgan fingerprint density at radius 1 is 1.17 bits per heavy atom. The van der Waals surface area contributed by atoms with Gasteiger partial charge in [-0.3, -0.25) is 25.0 Å². The van der Waals surface area contributed by atoms with E-state index in [1.807, 2.05) is 6.92 Å². The van der Waals surface area contributed by atoms with Gasteiger partial charge in [0.1, 0.15) is 11.3 Å². The highest BCUT2D eigenvalue weighted by molar-refractivity contribution is 9.10. The molecule has 0 atom stereocenters. The van der Waals surface area contributed by atoms with Crippen LogP contribution in [0.1, 0.15) is 12.5 Å². The van der Waals surface area contributed by atoms with E-state index in [0.717, 1.165) is 4.90 Å². The van der Waals surface area contributed by atoms with E-state index in [9.17, 15) is 24.5 Å². The first-order valence-corrected chi connectivity index (χ1v) is 9.19. The standard InChI is InChI=1S/C19H14BrN3O6/c1-2-29-16-8-3-11(10-15(16)20)9-14-17(24)21-19(26)22(18(14)25)12-4-6-13(7-5-12)23(27)28/h3-10H,2H2,1H3,(H,21,24,26)/b14-9+. The molecule has 0 aliphatic carbocycles. The zero-order valence-corrected chi connectivity index (χ0v) is 16.6. The van der Waals surface area contributed by atoms with Gasteiger partial charge in [0.2, 0.25) is 0 Å². The average molecular weight is 460 g/mol. The molecular weight excluding hydrogens is 446 g/mol. The first-order chi connectivity index (χ1) is 13.8. The maximum absolute atomic E-state index is 12.8. The molecule has 0 bridgehead atoms. The topological polar surface area (TPSA) is 119 Å². The molecule has 29 heavy (non-hydrogen) atoms. The van der Waals surface area contributed by atoms with Crippen LogP contribution in [0.5, 0.6) is 5.75 Å². The van der Waals surface area contributed by atoms with Crippen molar-refractivity contribution in [1.82, 2.24) is 5.32 Å². The van der Waals surface area contributed by atoms with Gasteiger partial charge in [-0.05, 0) is 58.8 Å². The molecule has 4 amide bonds. The van der Waals surface area contributed by atoms with Gasteiger partial charge >= 0.3 is 6.03 Å². The molecule has 0 unspecified atom stereocenters. The molecule has 0 aromatic heterocycles. The Morgan fingerprint density at radius 2 is 1.86 bits per heavy atom. The quantitative estimate of drug-likeness (QED) is 0.316. The molecule has 2 aromatic carbocycles. The van der Waals surface area contributed by atoms with Gasteiger partial charge in [0, 0.05) is 12.1 Å². The van der Waals surface area contributed by atoms with Gasteiger partial charge in [-0.15, -0.1) is 0 Å². The Morgan fingerprint density at radius 3 is 2.45 bits per heavy atom. The van der Waals surface area contributed by atoms with Gasteiger partial charge in [0.25, 0.3) is 17.5 Å². The number of nitro groups is 1. The number of halogens is 1. The predicted molar refractivity (Wildman–Crippen MR) is 107 cm³/mol. The highest BCUT2D eigenvalue weighted by Gasteiger charge is 2.37. The van der Waals surface area contributed by atoms with E-state index in [1.54, 1.807) is 18.2 Å². The van der Waals surface area contributed by atoms with Crippen molar-refractivity contribution in [2.75, 3.05) is 11.5 Å². The lowest BCUT2D eigenvalue weighted by Gasteiger charge is -2.26. The molecule has 1 fully saturated rings. The summed E-state index contributed by atoms with van der Waals surface area (Å²) in [4.78, 5) is 48.2. The predicted octanol–water partition coefficient (Wildman–Crippen LogP) is 3.42. The normalized spacial score (nSPS) is 15.4. The second-order valence-corrected chi connectivity index (χ2v) is 6.71. The fraction of sp³-hybridized carbons (Fsp3) is 0.105. The van der Waals surface area contributed by atoms with Gasteiger partial charge in [-0.1, -0.05) is 6.07 Å². The number of rotatable bonds is 5. The van der Waals surface area contributed by atoms with Crippen molar-refractivity contribution in [3.63, 3.8) is 0 Å². The number of anilines is 1. The molecule has 0 saturated carbocycles. The van der Waals surface area contributed by atoms with Crippen molar-refractivity contribution in [3.8, 4) is 5.75 Å². The SMILES string of the molecule is CCOc1ccc(/C=C2\C(=O)NC(=O)N(c3ccc([N+](=O)[O-])cc3)C2=O)cc1Br. The van der Waals surface area contributed by atoms with E-state index in [2.05, 4.69) is 21.2 Å². The number of amides is 4. The Hall–Kier alpha value is -3.53. The van der Waals surface area contributed by atoms with Crippen molar-refractivity contribution in [2.24, 2.45) is 0 Å². The number of hydrogen-bond donors (Lipinski definition) is 1. The van der Waals surface area contributed by atoms with Gasteiger partial charge in [0.05, 0.1) is 21.7 Å². The maximum Gasteiger partial charge on any atom is 0.335 e. The Kier molecular flexibility index (Phi) is 5.74. The molecule has 2 aromatic rings. The lowest BCUT2D eigenvalue weighted by molar-refractivity contribution is -0.384. The van der Waals surface area contributed by atoms with Crippen LogP contribution < -0.4 is 15.0 Å². The Balaban J connectivity index is 1.95. The van der Waals surface area contributed by atoms with Crippen LogP contribution in [-0.4, -0.2) is 29.4 Å². The minimum atomic E-state index is -0.932. The van der Waals surface area contributed by atoms with Crippen molar-refractivity contribution in [2.45, 2.75) is 6.92 Å². The van der Waals surface area contributed by atoms with Crippen molar-refractivity contribution >= 4 is 51.2 Å². The number of hydrogen-bond acceptors (Lipinski definition) is 6. The molecule has 1 saturated heterocycles. The summed E-state index contributed by atoms with van der Waals surface area (Å²) in [5, 5.41) is 12.9. The number of urea groups is 1. The molecule has 0 radical (unpaired) electrons. The van der Waals surface area contributed by atoms with Crippen LogP contribution in [-0.2, 0) is 9.59 Å². The molecule has 148 valence electrons. The van der Waals surface area contributed by atoms with Gasteiger partial charge in [-0.25, -0.2) is 9.69 Å². The third kappa shape index (κ3) is 4.16. The van der Waals surface area contributed by atoms with E-state index in [0.29, 0.717) is 22.4 Å². The summed E-state index contributed by atoms with van der Waals surface area (Å²) in [5.74, 6) is -1.06. The Labute approximate surface area is 173 Å². The monoisotopic (exact) mass is 459 g/mol. The highest BCUT2D eigenvalue weighted by atomic mass is 79.9. The van der Waals surface area contributed by atoms with Gasteiger partial charge < -0.3 is 4.74 Å². The number of nitrogens with zero attached hydrogens (tertiary/aromatic N) is 2. The minimum Gasteiger partial charge on any atom is -0.493 e. The van der Waals surface area contributed by atoms with E-state index < -0.39 is 22.8 Å². The number of nitrogens with one attached hydrogen (secondary N) is 1. The van der Waals surface area contributed by atoms with Crippen LogP contribution in [0, 0.1) is 10.1 Å². The molecule has 9 nitrogen and oxygen atoms in total. The molecule has 1 aliphatic rings. The van der Waals surface area contributed by atoms with Crippen molar-refractivity contribution in [3.05, 3.63) is 68.2 Å². The molecule has 1 N–H and O–H groups in total. The summed E-state index contributed by atoms with van der Waals surface area (Å²) in [7, 11) is 0. The van der Waals surface area contributed by atoms with Gasteiger partial charge in [-0.2, -0.15) is 0 Å².